The van der Waals surface area contributed by atoms with Crippen molar-refractivity contribution in [2.24, 2.45) is 0 Å². The number of furan rings is 1. The molecule has 1 aliphatic carbocycles. The fraction of sp³-hybridized carbons (Fsp3) is 0.444. The number of hydrogen-bond donors (Lipinski definition) is 1. The molecular weight excluding hydrogens is 326 g/mol. The predicted molar refractivity (Wildman–Crippen MR) is 89.5 cm³/mol. The fourth-order valence-corrected chi connectivity index (χ4v) is 3.32. The van der Waals surface area contributed by atoms with Gasteiger partial charge >= 0.3 is 0 Å². The van der Waals surface area contributed by atoms with Crippen LogP contribution in [0.2, 0.25) is 0 Å². The maximum atomic E-state index is 5.38. The highest BCUT2D eigenvalue weighted by Crippen LogP contribution is 2.37. The number of aryl methyl sites for hydroxylation is 1. The molecule has 3 heteroatoms. The Bertz CT molecular complexity index is 543. The molecule has 0 saturated heterocycles. The van der Waals surface area contributed by atoms with Gasteiger partial charge in [0.1, 0.15) is 5.76 Å². The minimum atomic E-state index is 0.547. The number of rotatable bonds is 6. The molecular formula is C18H22BrNO. The highest BCUT2D eigenvalue weighted by molar-refractivity contribution is 9.10. The van der Waals surface area contributed by atoms with Gasteiger partial charge in [0, 0.05) is 23.0 Å². The molecule has 0 spiro atoms. The van der Waals surface area contributed by atoms with Crippen LogP contribution in [0, 0.1) is 0 Å². The molecule has 0 amide bonds. The number of halogens is 1. The molecule has 3 rings (SSSR count). The third-order valence-electron chi connectivity index (χ3n) is 4.40. The van der Waals surface area contributed by atoms with E-state index in [0.29, 0.717) is 12.1 Å². The van der Waals surface area contributed by atoms with Crippen LogP contribution in [-0.4, -0.2) is 12.1 Å². The van der Waals surface area contributed by atoms with Gasteiger partial charge in [-0.25, -0.2) is 0 Å². The second kappa shape index (κ2) is 6.80. The van der Waals surface area contributed by atoms with Gasteiger partial charge in [-0.3, -0.25) is 0 Å². The molecule has 1 aliphatic rings. The second-order valence-corrected chi connectivity index (χ2v) is 7.02. The van der Waals surface area contributed by atoms with Gasteiger partial charge in [0.2, 0.25) is 0 Å². The molecule has 1 unspecified atom stereocenters. The molecule has 2 aromatic rings. The van der Waals surface area contributed by atoms with Gasteiger partial charge in [0.25, 0.3) is 0 Å². The van der Waals surface area contributed by atoms with E-state index >= 15 is 0 Å². The van der Waals surface area contributed by atoms with Crippen molar-refractivity contribution in [1.82, 2.24) is 5.32 Å². The van der Waals surface area contributed by atoms with Crippen LogP contribution in [0.1, 0.15) is 43.4 Å². The van der Waals surface area contributed by atoms with Gasteiger partial charge in [0.15, 0.2) is 0 Å². The molecule has 0 aliphatic heterocycles. The minimum absolute atomic E-state index is 0.547. The first-order chi connectivity index (χ1) is 10.2. The molecule has 1 heterocycles. The summed E-state index contributed by atoms with van der Waals surface area (Å²) in [4.78, 5) is 0. The molecule has 1 aromatic carbocycles. The lowest BCUT2D eigenvalue weighted by atomic mass is 9.75. The summed E-state index contributed by atoms with van der Waals surface area (Å²) < 4.78 is 6.54. The summed E-state index contributed by atoms with van der Waals surface area (Å²) in [6.07, 6.45) is 6.42. The Morgan fingerprint density at radius 1 is 1.24 bits per heavy atom. The van der Waals surface area contributed by atoms with Gasteiger partial charge in [-0.1, -0.05) is 28.1 Å². The van der Waals surface area contributed by atoms with E-state index in [-0.39, 0.29) is 0 Å². The van der Waals surface area contributed by atoms with Crippen molar-refractivity contribution in [2.75, 3.05) is 0 Å². The molecule has 0 radical (unpaired) electrons. The van der Waals surface area contributed by atoms with Gasteiger partial charge in [-0.2, -0.15) is 0 Å². The molecule has 1 atom stereocenters. The first-order valence-corrected chi connectivity index (χ1v) is 8.54. The Balaban J connectivity index is 1.39. The SMILES string of the molecule is CC(CCc1ccco1)NC1CC(c2ccc(Br)cc2)C1. The summed E-state index contributed by atoms with van der Waals surface area (Å²) in [5.41, 5.74) is 1.47. The Labute approximate surface area is 135 Å². The zero-order valence-electron chi connectivity index (χ0n) is 12.4. The molecule has 1 aromatic heterocycles. The van der Waals surface area contributed by atoms with Crippen molar-refractivity contribution in [3.63, 3.8) is 0 Å². The normalized spacial score (nSPS) is 22.8. The molecule has 2 nitrogen and oxygen atoms in total. The zero-order chi connectivity index (χ0) is 14.7. The monoisotopic (exact) mass is 347 g/mol. The quantitative estimate of drug-likeness (QED) is 0.803. The van der Waals surface area contributed by atoms with Crippen LogP contribution in [0.3, 0.4) is 0 Å². The van der Waals surface area contributed by atoms with Crippen LogP contribution in [0.5, 0.6) is 0 Å². The van der Waals surface area contributed by atoms with Gasteiger partial charge in [0.05, 0.1) is 6.26 Å². The standard InChI is InChI=1S/C18H22BrNO/c1-13(4-9-18-3-2-10-21-18)20-17-11-15(12-17)14-5-7-16(19)8-6-14/h2-3,5-8,10,13,15,17,20H,4,9,11-12H2,1H3. The minimum Gasteiger partial charge on any atom is -0.469 e. The highest BCUT2D eigenvalue weighted by atomic mass is 79.9. The van der Waals surface area contributed by atoms with Crippen LogP contribution in [0.25, 0.3) is 0 Å². The van der Waals surface area contributed by atoms with E-state index in [4.69, 9.17) is 4.42 Å². The third kappa shape index (κ3) is 3.98. The second-order valence-electron chi connectivity index (χ2n) is 6.10. The van der Waals surface area contributed by atoms with E-state index in [1.54, 1.807) is 6.26 Å². The summed E-state index contributed by atoms with van der Waals surface area (Å²) in [5.74, 6) is 1.82. The van der Waals surface area contributed by atoms with E-state index in [2.05, 4.69) is 58.5 Å². The van der Waals surface area contributed by atoms with E-state index < -0.39 is 0 Å². The van der Waals surface area contributed by atoms with Crippen molar-refractivity contribution in [3.8, 4) is 0 Å². The molecule has 1 N–H and O–H groups in total. The first kappa shape index (κ1) is 14.9. The van der Waals surface area contributed by atoms with Crippen LogP contribution in [0.15, 0.2) is 51.6 Å². The van der Waals surface area contributed by atoms with E-state index in [0.717, 1.165) is 29.0 Å². The molecule has 1 fully saturated rings. The lowest BCUT2D eigenvalue weighted by Gasteiger charge is -2.38. The maximum absolute atomic E-state index is 5.38. The van der Waals surface area contributed by atoms with Crippen LogP contribution in [-0.2, 0) is 6.42 Å². The first-order valence-electron chi connectivity index (χ1n) is 7.74. The topological polar surface area (TPSA) is 25.2 Å². The van der Waals surface area contributed by atoms with Crippen molar-refractivity contribution in [2.45, 2.75) is 50.6 Å². The van der Waals surface area contributed by atoms with E-state index in [9.17, 15) is 0 Å². The summed E-state index contributed by atoms with van der Waals surface area (Å²) >= 11 is 3.49. The van der Waals surface area contributed by atoms with Crippen LogP contribution >= 0.6 is 15.9 Å². The summed E-state index contributed by atoms with van der Waals surface area (Å²) in [7, 11) is 0. The summed E-state index contributed by atoms with van der Waals surface area (Å²) in [5, 5.41) is 3.74. The average molecular weight is 348 g/mol. The van der Waals surface area contributed by atoms with Crippen molar-refractivity contribution >= 4 is 15.9 Å². The lowest BCUT2D eigenvalue weighted by Crippen LogP contribution is -2.44. The van der Waals surface area contributed by atoms with Gasteiger partial charge < -0.3 is 9.73 Å². The summed E-state index contributed by atoms with van der Waals surface area (Å²) in [6, 6.07) is 14.0. The summed E-state index contributed by atoms with van der Waals surface area (Å²) in [6.45, 7) is 2.27. The van der Waals surface area contributed by atoms with Crippen LogP contribution in [0.4, 0.5) is 0 Å². The van der Waals surface area contributed by atoms with Gasteiger partial charge in [-0.15, -0.1) is 0 Å². The lowest BCUT2D eigenvalue weighted by molar-refractivity contribution is 0.264. The third-order valence-corrected chi connectivity index (χ3v) is 4.93. The Morgan fingerprint density at radius 2 is 2.00 bits per heavy atom. The molecule has 21 heavy (non-hydrogen) atoms. The molecule has 0 bridgehead atoms. The predicted octanol–water partition coefficient (Wildman–Crippen LogP) is 4.90. The smallest absolute Gasteiger partial charge is 0.103 e. The zero-order valence-corrected chi connectivity index (χ0v) is 14.0. The molecule has 112 valence electrons. The average Bonchev–Trinajstić information content (AvgIpc) is 2.95. The Hall–Kier alpha value is -1.06. The number of nitrogens with one attached hydrogen (secondary N) is 1. The maximum Gasteiger partial charge on any atom is 0.103 e. The Kier molecular flexibility index (Phi) is 4.81. The largest absolute Gasteiger partial charge is 0.469 e. The highest BCUT2D eigenvalue weighted by Gasteiger charge is 2.30. The Morgan fingerprint density at radius 3 is 2.67 bits per heavy atom. The fourth-order valence-electron chi connectivity index (χ4n) is 3.06. The van der Waals surface area contributed by atoms with Crippen molar-refractivity contribution in [1.29, 1.82) is 0 Å². The molecule has 1 saturated carbocycles. The van der Waals surface area contributed by atoms with E-state index in [1.807, 2.05) is 6.07 Å². The van der Waals surface area contributed by atoms with E-state index in [1.165, 1.54) is 18.4 Å². The number of benzene rings is 1. The van der Waals surface area contributed by atoms with Gasteiger partial charge in [-0.05, 0) is 61.9 Å². The number of hydrogen-bond acceptors (Lipinski definition) is 2. The van der Waals surface area contributed by atoms with Crippen LogP contribution < -0.4 is 5.32 Å². The van der Waals surface area contributed by atoms with Crippen molar-refractivity contribution in [3.05, 3.63) is 58.5 Å². The van der Waals surface area contributed by atoms with Crippen molar-refractivity contribution < 1.29 is 4.42 Å².